The van der Waals surface area contributed by atoms with Crippen molar-refractivity contribution < 1.29 is 9.53 Å². The SMILES string of the molecule is COC(=O)C(NC1CCCCCC1)c1cccc(Br)c1. The number of hydrogen-bond donors (Lipinski definition) is 1. The molecule has 0 radical (unpaired) electrons. The van der Waals surface area contributed by atoms with Crippen LogP contribution in [0, 0.1) is 0 Å². The van der Waals surface area contributed by atoms with E-state index in [4.69, 9.17) is 4.74 Å². The van der Waals surface area contributed by atoms with Crippen LogP contribution >= 0.6 is 15.9 Å². The van der Waals surface area contributed by atoms with Crippen molar-refractivity contribution in [1.29, 1.82) is 0 Å². The normalized spacial score (nSPS) is 18.3. The summed E-state index contributed by atoms with van der Waals surface area (Å²) in [6, 6.07) is 7.88. The molecule has 110 valence electrons. The molecule has 0 aromatic heterocycles. The summed E-state index contributed by atoms with van der Waals surface area (Å²) in [5, 5.41) is 3.49. The maximum absolute atomic E-state index is 12.1. The fourth-order valence-electron chi connectivity index (χ4n) is 2.79. The standard InChI is InChI=1S/C16H22BrNO2/c1-20-16(19)15(12-7-6-8-13(17)11-12)18-14-9-4-2-3-5-10-14/h6-8,11,14-15,18H,2-5,9-10H2,1H3. The Balaban J connectivity index is 2.12. The molecule has 2 rings (SSSR count). The van der Waals surface area contributed by atoms with Crippen molar-refractivity contribution in [2.24, 2.45) is 0 Å². The summed E-state index contributed by atoms with van der Waals surface area (Å²) < 4.78 is 5.94. The molecule has 1 saturated carbocycles. The molecule has 1 aromatic carbocycles. The highest BCUT2D eigenvalue weighted by atomic mass is 79.9. The Kier molecular flexibility index (Phi) is 6.05. The Morgan fingerprint density at radius 1 is 1.30 bits per heavy atom. The molecular formula is C16H22BrNO2. The van der Waals surface area contributed by atoms with Gasteiger partial charge in [-0.05, 0) is 30.5 Å². The van der Waals surface area contributed by atoms with Crippen LogP contribution in [-0.2, 0) is 9.53 Å². The third-order valence-electron chi connectivity index (χ3n) is 3.88. The van der Waals surface area contributed by atoms with Gasteiger partial charge in [0.15, 0.2) is 0 Å². The van der Waals surface area contributed by atoms with Crippen LogP contribution in [0.2, 0.25) is 0 Å². The van der Waals surface area contributed by atoms with Crippen LogP contribution in [0.25, 0.3) is 0 Å². The second-order valence-electron chi connectivity index (χ2n) is 5.37. The number of ether oxygens (including phenoxy) is 1. The number of hydrogen-bond acceptors (Lipinski definition) is 3. The average Bonchev–Trinajstić information content (AvgIpc) is 2.72. The third-order valence-corrected chi connectivity index (χ3v) is 4.37. The number of nitrogens with one attached hydrogen (secondary N) is 1. The van der Waals surface area contributed by atoms with Crippen LogP contribution in [0.5, 0.6) is 0 Å². The molecule has 0 bridgehead atoms. The lowest BCUT2D eigenvalue weighted by atomic mass is 10.0. The quantitative estimate of drug-likeness (QED) is 0.666. The molecule has 4 heteroatoms. The van der Waals surface area contributed by atoms with Gasteiger partial charge in [-0.25, -0.2) is 4.79 Å². The van der Waals surface area contributed by atoms with E-state index < -0.39 is 0 Å². The van der Waals surface area contributed by atoms with E-state index in [1.54, 1.807) is 0 Å². The van der Waals surface area contributed by atoms with Crippen molar-refractivity contribution >= 4 is 21.9 Å². The second kappa shape index (κ2) is 7.79. The zero-order valence-electron chi connectivity index (χ0n) is 11.9. The van der Waals surface area contributed by atoms with E-state index >= 15 is 0 Å². The molecule has 1 aromatic rings. The topological polar surface area (TPSA) is 38.3 Å². The molecule has 1 aliphatic carbocycles. The molecule has 1 fully saturated rings. The molecule has 3 nitrogen and oxygen atoms in total. The first kappa shape index (κ1) is 15.5. The Morgan fingerprint density at radius 2 is 2.00 bits per heavy atom. The molecule has 0 heterocycles. The monoisotopic (exact) mass is 339 g/mol. The number of methoxy groups -OCH3 is 1. The predicted octanol–water partition coefficient (Wildman–Crippen LogP) is 3.98. The van der Waals surface area contributed by atoms with Crippen molar-refractivity contribution in [3.05, 3.63) is 34.3 Å². The fraction of sp³-hybridized carbons (Fsp3) is 0.562. The number of carbonyl (C=O) groups is 1. The maximum Gasteiger partial charge on any atom is 0.327 e. The first-order chi connectivity index (χ1) is 9.70. The summed E-state index contributed by atoms with van der Waals surface area (Å²) in [5.74, 6) is -0.215. The number of esters is 1. The summed E-state index contributed by atoms with van der Waals surface area (Å²) >= 11 is 3.46. The van der Waals surface area contributed by atoms with Crippen LogP contribution < -0.4 is 5.32 Å². The minimum absolute atomic E-state index is 0.215. The number of rotatable bonds is 4. The summed E-state index contributed by atoms with van der Waals surface area (Å²) in [7, 11) is 1.45. The molecule has 1 N–H and O–H groups in total. The van der Waals surface area contributed by atoms with Gasteiger partial charge in [0.05, 0.1) is 7.11 Å². The molecule has 20 heavy (non-hydrogen) atoms. The van der Waals surface area contributed by atoms with Crippen molar-refractivity contribution in [3.8, 4) is 0 Å². The van der Waals surface area contributed by atoms with Gasteiger partial charge in [0.2, 0.25) is 0 Å². The van der Waals surface area contributed by atoms with E-state index in [9.17, 15) is 4.79 Å². The minimum Gasteiger partial charge on any atom is -0.468 e. The Labute approximate surface area is 129 Å². The molecule has 1 atom stereocenters. The molecule has 0 saturated heterocycles. The van der Waals surface area contributed by atoms with Crippen LogP contribution in [0.1, 0.15) is 50.1 Å². The molecule has 0 aliphatic heterocycles. The van der Waals surface area contributed by atoms with Crippen LogP contribution in [0.3, 0.4) is 0 Å². The average molecular weight is 340 g/mol. The first-order valence-electron chi connectivity index (χ1n) is 7.30. The van der Waals surface area contributed by atoms with Gasteiger partial charge >= 0.3 is 5.97 Å². The van der Waals surface area contributed by atoms with E-state index in [1.165, 1.54) is 32.8 Å². The largest absolute Gasteiger partial charge is 0.468 e. The molecule has 1 unspecified atom stereocenters. The Bertz CT molecular complexity index is 442. The highest BCUT2D eigenvalue weighted by Gasteiger charge is 2.25. The lowest BCUT2D eigenvalue weighted by molar-refractivity contribution is -0.143. The van der Waals surface area contributed by atoms with Gasteiger partial charge < -0.3 is 4.74 Å². The highest BCUT2D eigenvalue weighted by Crippen LogP contribution is 2.23. The van der Waals surface area contributed by atoms with Gasteiger partial charge in [-0.1, -0.05) is 53.7 Å². The van der Waals surface area contributed by atoms with Crippen LogP contribution in [-0.4, -0.2) is 19.1 Å². The van der Waals surface area contributed by atoms with Gasteiger partial charge in [-0.3, -0.25) is 5.32 Å². The van der Waals surface area contributed by atoms with E-state index in [2.05, 4.69) is 21.2 Å². The van der Waals surface area contributed by atoms with Gasteiger partial charge in [-0.15, -0.1) is 0 Å². The smallest absolute Gasteiger partial charge is 0.327 e. The van der Waals surface area contributed by atoms with Crippen LogP contribution in [0.4, 0.5) is 0 Å². The summed E-state index contributed by atoms with van der Waals surface area (Å²) in [5.41, 5.74) is 0.954. The summed E-state index contributed by atoms with van der Waals surface area (Å²) in [6.07, 6.45) is 7.37. The van der Waals surface area contributed by atoms with Crippen molar-refractivity contribution in [2.45, 2.75) is 50.6 Å². The maximum atomic E-state index is 12.1. The Hall–Kier alpha value is -0.870. The van der Waals surface area contributed by atoms with Crippen molar-refractivity contribution in [1.82, 2.24) is 5.32 Å². The molecule has 0 amide bonds. The second-order valence-corrected chi connectivity index (χ2v) is 6.28. The molecule has 1 aliphatic rings. The van der Waals surface area contributed by atoms with Crippen LogP contribution in [0.15, 0.2) is 28.7 Å². The first-order valence-corrected chi connectivity index (χ1v) is 8.09. The predicted molar refractivity (Wildman–Crippen MR) is 83.5 cm³/mol. The highest BCUT2D eigenvalue weighted by molar-refractivity contribution is 9.10. The van der Waals surface area contributed by atoms with Gasteiger partial charge in [0, 0.05) is 10.5 Å². The lowest BCUT2D eigenvalue weighted by Gasteiger charge is -2.23. The van der Waals surface area contributed by atoms with Gasteiger partial charge in [-0.2, -0.15) is 0 Å². The van der Waals surface area contributed by atoms with Crippen molar-refractivity contribution in [2.75, 3.05) is 7.11 Å². The number of benzene rings is 1. The number of halogens is 1. The lowest BCUT2D eigenvalue weighted by Crippen LogP contribution is -2.37. The van der Waals surface area contributed by atoms with Crippen molar-refractivity contribution in [3.63, 3.8) is 0 Å². The van der Waals surface area contributed by atoms with Gasteiger partial charge in [0.25, 0.3) is 0 Å². The minimum atomic E-state index is -0.374. The number of carbonyl (C=O) groups excluding carboxylic acids is 1. The van der Waals surface area contributed by atoms with Gasteiger partial charge in [0.1, 0.15) is 6.04 Å². The Morgan fingerprint density at radius 3 is 2.60 bits per heavy atom. The van der Waals surface area contributed by atoms with E-state index in [0.29, 0.717) is 6.04 Å². The molecular weight excluding hydrogens is 318 g/mol. The fourth-order valence-corrected chi connectivity index (χ4v) is 3.20. The zero-order chi connectivity index (χ0) is 14.4. The van der Waals surface area contributed by atoms with E-state index in [0.717, 1.165) is 22.9 Å². The third kappa shape index (κ3) is 4.32. The summed E-state index contributed by atoms with van der Waals surface area (Å²) in [4.78, 5) is 12.1. The molecule has 0 spiro atoms. The zero-order valence-corrected chi connectivity index (χ0v) is 13.5. The van der Waals surface area contributed by atoms with E-state index in [1.807, 2.05) is 24.3 Å². The van der Waals surface area contributed by atoms with E-state index in [-0.39, 0.29) is 12.0 Å². The summed E-state index contributed by atoms with van der Waals surface area (Å²) in [6.45, 7) is 0.